The molecule has 0 aliphatic carbocycles. The number of nitrogens with two attached hydrogens (primary N) is 1. The molecule has 0 radical (unpaired) electrons. The maximum Gasteiger partial charge on any atom is 0.126 e. The van der Waals surface area contributed by atoms with Gasteiger partial charge in [0.2, 0.25) is 0 Å². The first-order chi connectivity index (χ1) is 9.72. The van der Waals surface area contributed by atoms with Crippen molar-refractivity contribution in [1.82, 2.24) is 10.4 Å². The van der Waals surface area contributed by atoms with Crippen LogP contribution in [0.1, 0.15) is 23.7 Å². The lowest BCUT2D eigenvalue weighted by Crippen LogP contribution is -2.38. The molecule has 1 aromatic carbocycles. The highest BCUT2D eigenvalue weighted by molar-refractivity contribution is 5.20. The van der Waals surface area contributed by atoms with Gasteiger partial charge in [-0.15, -0.1) is 0 Å². The second-order valence-electron chi connectivity index (χ2n) is 4.87. The van der Waals surface area contributed by atoms with Crippen LogP contribution in [-0.2, 0) is 19.3 Å². The molecule has 1 heterocycles. The van der Waals surface area contributed by atoms with E-state index in [-0.39, 0.29) is 11.9 Å². The molecular formula is C16H20FN3. The van der Waals surface area contributed by atoms with Crippen LogP contribution < -0.4 is 11.3 Å². The molecule has 0 bridgehead atoms. The largest absolute Gasteiger partial charge is 0.271 e. The van der Waals surface area contributed by atoms with Crippen molar-refractivity contribution in [2.45, 2.75) is 32.2 Å². The number of aryl methyl sites for hydroxylation is 1. The van der Waals surface area contributed by atoms with Crippen molar-refractivity contribution in [1.29, 1.82) is 0 Å². The number of aromatic nitrogens is 1. The van der Waals surface area contributed by atoms with E-state index in [0.717, 1.165) is 12.1 Å². The molecule has 0 spiro atoms. The van der Waals surface area contributed by atoms with Gasteiger partial charge in [0.25, 0.3) is 0 Å². The van der Waals surface area contributed by atoms with Crippen molar-refractivity contribution >= 4 is 0 Å². The van der Waals surface area contributed by atoms with Gasteiger partial charge in [-0.3, -0.25) is 16.3 Å². The highest BCUT2D eigenvalue weighted by atomic mass is 19.1. The number of hydrazine groups is 1. The fourth-order valence-corrected chi connectivity index (χ4v) is 2.16. The maximum atomic E-state index is 13.6. The van der Waals surface area contributed by atoms with Gasteiger partial charge in [0.05, 0.1) is 0 Å². The fraction of sp³-hybridized carbons (Fsp3) is 0.312. The van der Waals surface area contributed by atoms with Crippen LogP contribution in [-0.4, -0.2) is 11.0 Å². The molecule has 4 heteroatoms. The number of pyridine rings is 1. The lowest BCUT2D eigenvalue weighted by atomic mass is 10.0. The van der Waals surface area contributed by atoms with E-state index >= 15 is 0 Å². The lowest BCUT2D eigenvalue weighted by molar-refractivity contribution is 0.502. The molecule has 20 heavy (non-hydrogen) atoms. The summed E-state index contributed by atoms with van der Waals surface area (Å²) in [6.45, 7) is 2.10. The Morgan fingerprint density at radius 1 is 1.20 bits per heavy atom. The minimum absolute atomic E-state index is 0.0353. The Morgan fingerprint density at radius 3 is 2.60 bits per heavy atom. The Morgan fingerprint density at radius 2 is 2.00 bits per heavy atom. The molecule has 0 fully saturated rings. The third kappa shape index (κ3) is 3.85. The first-order valence-electron chi connectivity index (χ1n) is 6.86. The average Bonchev–Trinajstić information content (AvgIpc) is 2.49. The van der Waals surface area contributed by atoms with Crippen LogP contribution in [0, 0.1) is 5.82 Å². The van der Waals surface area contributed by atoms with Crippen molar-refractivity contribution in [3.8, 4) is 0 Å². The first kappa shape index (κ1) is 14.6. The number of benzene rings is 1. The summed E-state index contributed by atoms with van der Waals surface area (Å²) in [4.78, 5) is 4.41. The van der Waals surface area contributed by atoms with Gasteiger partial charge in [-0.1, -0.05) is 31.2 Å². The van der Waals surface area contributed by atoms with Gasteiger partial charge >= 0.3 is 0 Å². The summed E-state index contributed by atoms with van der Waals surface area (Å²) in [6, 6.07) is 10.8. The lowest BCUT2D eigenvalue weighted by Gasteiger charge is -2.16. The maximum absolute atomic E-state index is 13.6. The van der Waals surface area contributed by atoms with Crippen LogP contribution in [0.25, 0.3) is 0 Å². The van der Waals surface area contributed by atoms with Crippen LogP contribution in [0.2, 0.25) is 0 Å². The summed E-state index contributed by atoms with van der Waals surface area (Å²) in [5, 5.41) is 0. The Bertz CT molecular complexity index is 540. The zero-order valence-electron chi connectivity index (χ0n) is 11.6. The summed E-state index contributed by atoms with van der Waals surface area (Å²) >= 11 is 0. The van der Waals surface area contributed by atoms with Gasteiger partial charge in [0.15, 0.2) is 0 Å². The Balaban J connectivity index is 2.03. The van der Waals surface area contributed by atoms with Gasteiger partial charge in [-0.2, -0.15) is 0 Å². The van der Waals surface area contributed by atoms with E-state index in [9.17, 15) is 4.39 Å². The van der Waals surface area contributed by atoms with Crippen LogP contribution in [0.5, 0.6) is 0 Å². The van der Waals surface area contributed by atoms with Crippen LogP contribution in [0.3, 0.4) is 0 Å². The number of hydrogen-bond acceptors (Lipinski definition) is 3. The first-order valence-corrected chi connectivity index (χ1v) is 6.86. The smallest absolute Gasteiger partial charge is 0.126 e. The molecule has 0 amide bonds. The van der Waals surface area contributed by atoms with Crippen molar-refractivity contribution in [2.75, 3.05) is 0 Å². The fourth-order valence-electron chi connectivity index (χ4n) is 2.16. The van der Waals surface area contributed by atoms with E-state index in [1.54, 1.807) is 12.1 Å². The third-order valence-electron chi connectivity index (χ3n) is 3.41. The molecular weight excluding hydrogens is 253 g/mol. The number of rotatable bonds is 6. The number of nitrogens with one attached hydrogen (secondary N) is 1. The van der Waals surface area contributed by atoms with Gasteiger partial charge in [-0.05, 0) is 36.1 Å². The number of halogens is 1. The van der Waals surface area contributed by atoms with E-state index in [2.05, 4.69) is 23.4 Å². The van der Waals surface area contributed by atoms with E-state index in [0.29, 0.717) is 18.4 Å². The highest BCUT2D eigenvalue weighted by Crippen LogP contribution is 2.11. The van der Waals surface area contributed by atoms with Crippen molar-refractivity contribution < 1.29 is 4.39 Å². The summed E-state index contributed by atoms with van der Waals surface area (Å²) in [5.41, 5.74) is 5.58. The zero-order valence-corrected chi connectivity index (χ0v) is 11.6. The zero-order chi connectivity index (χ0) is 14.4. The molecule has 0 saturated heterocycles. The standard InChI is InChI=1S/C16H20FN3/c1-2-12-7-8-14(19-11-12)10-15(20-18)9-13-5-3-4-6-16(13)17/h3-8,11,15,20H,2,9-10,18H2,1H3. The van der Waals surface area contributed by atoms with E-state index in [1.165, 1.54) is 11.6 Å². The molecule has 2 aromatic rings. The van der Waals surface area contributed by atoms with E-state index < -0.39 is 0 Å². The number of hydrogen-bond donors (Lipinski definition) is 2. The van der Waals surface area contributed by atoms with Crippen LogP contribution >= 0.6 is 0 Å². The van der Waals surface area contributed by atoms with Crippen LogP contribution in [0.15, 0.2) is 42.6 Å². The molecule has 3 N–H and O–H groups in total. The molecule has 0 aliphatic rings. The molecule has 1 unspecified atom stereocenters. The molecule has 0 aliphatic heterocycles. The van der Waals surface area contributed by atoms with Crippen molar-refractivity contribution in [3.05, 3.63) is 65.2 Å². The van der Waals surface area contributed by atoms with E-state index in [4.69, 9.17) is 5.84 Å². The molecule has 1 atom stereocenters. The van der Waals surface area contributed by atoms with Crippen molar-refractivity contribution in [3.63, 3.8) is 0 Å². The van der Waals surface area contributed by atoms with Crippen molar-refractivity contribution in [2.24, 2.45) is 5.84 Å². The molecule has 3 nitrogen and oxygen atoms in total. The Hall–Kier alpha value is -1.78. The Kier molecular flexibility index (Phi) is 5.21. The molecule has 1 aromatic heterocycles. The minimum atomic E-state index is -0.193. The second kappa shape index (κ2) is 7.12. The van der Waals surface area contributed by atoms with Gasteiger partial charge < -0.3 is 0 Å². The predicted octanol–water partition coefficient (Wildman–Crippen LogP) is 2.40. The molecule has 0 saturated carbocycles. The predicted molar refractivity (Wildman–Crippen MR) is 78.5 cm³/mol. The normalized spacial score (nSPS) is 12.3. The number of nitrogens with zero attached hydrogens (tertiary/aromatic N) is 1. The quantitative estimate of drug-likeness (QED) is 0.627. The van der Waals surface area contributed by atoms with Gasteiger partial charge in [0.1, 0.15) is 5.82 Å². The third-order valence-corrected chi connectivity index (χ3v) is 3.41. The molecule has 2 rings (SSSR count). The monoisotopic (exact) mass is 273 g/mol. The summed E-state index contributed by atoms with van der Waals surface area (Å²) in [6.07, 6.45) is 4.07. The topological polar surface area (TPSA) is 50.9 Å². The van der Waals surface area contributed by atoms with Crippen LogP contribution in [0.4, 0.5) is 4.39 Å². The second-order valence-corrected chi connectivity index (χ2v) is 4.87. The molecule has 106 valence electrons. The minimum Gasteiger partial charge on any atom is -0.271 e. The van der Waals surface area contributed by atoms with E-state index in [1.807, 2.05) is 18.3 Å². The Labute approximate surface area is 119 Å². The summed E-state index contributed by atoms with van der Waals surface area (Å²) < 4.78 is 13.6. The summed E-state index contributed by atoms with van der Waals surface area (Å²) in [5.74, 6) is 5.38. The highest BCUT2D eigenvalue weighted by Gasteiger charge is 2.12. The summed E-state index contributed by atoms with van der Waals surface area (Å²) in [7, 11) is 0. The van der Waals surface area contributed by atoms with Gasteiger partial charge in [-0.25, -0.2) is 4.39 Å². The van der Waals surface area contributed by atoms with Gasteiger partial charge in [0, 0.05) is 24.4 Å². The SMILES string of the molecule is CCc1ccc(CC(Cc2ccccc2F)NN)nc1. The average molecular weight is 273 g/mol.